The lowest BCUT2D eigenvalue weighted by Gasteiger charge is -2.40. The van der Waals surface area contributed by atoms with Crippen LogP contribution in [0.5, 0.6) is 0 Å². The molecule has 0 saturated carbocycles. The zero-order valence-corrected chi connectivity index (χ0v) is 10.5. The second-order valence-electron chi connectivity index (χ2n) is 5.20. The van der Waals surface area contributed by atoms with Gasteiger partial charge in [0.15, 0.2) is 12.0 Å². The molecular formula is C12H18N2O4. The third-order valence-corrected chi connectivity index (χ3v) is 3.33. The third kappa shape index (κ3) is 2.05. The predicted octanol–water partition coefficient (Wildman–Crippen LogP) is 0.0813. The molecule has 0 aromatic heterocycles. The first-order chi connectivity index (χ1) is 8.57. The summed E-state index contributed by atoms with van der Waals surface area (Å²) in [6, 6.07) is 0. The molecule has 18 heavy (non-hydrogen) atoms. The molecule has 1 N–H and O–H groups in total. The predicted molar refractivity (Wildman–Crippen MR) is 63.9 cm³/mol. The minimum Gasteiger partial charge on any atom is -0.386 e. The fourth-order valence-corrected chi connectivity index (χ4v) is 2.60. The molecular weight excluding hydrogens is 236 g/mol. The van der Waals surface area contributed by atoms with Gasteiger partial charge >= 0.3 is 0 Å². The topological polar surface area (TPSA) is 63.5 Å². The van der Waals surface area contributed by atoms with Crippen molar-refractivity contribution in [2.24, 2.45) is 4.99 Å². The number of fused-ring (bicyclic) bond motifs is 1. The van der Waals surface area contributed by atoms with Gasteiger partial charge in [-0.15, -0.1) is 0 Å². The van der Waals surface area contributed by atoms with Gasteiger partial charge in [-0.25, -0.2) is 4.99 Å². The van der Waals surface area contributed by atoms with E-state index in [0.717, 1.165) is 0 Å². The number of rotatable bonds is 1. The summed E-state index contributed by atoms with van der Waals surface area (Å²) in [7, 11) is 0. The van der Waals surface area contributed by atoms with Crippen LogP contribution in [0.15, 0.2) is 17.3 Å². The van der Waals surface area contributed by atoms with Crippen LogP contribution in [0.4, 0.5) is 0 Å². The van der Waals surface area contributed by atoms with Crippen molar-refractivity contribution in [2.45, 2.75) is 44.2 Å². The van der Waals surface area contributed by atoms with Crippen molar-refractivity contribution >= 4 is 6.34 Å². The summed E-state index contributed by atoms with van der Waals surface area (Å²) in [6.07, 6.45) is 3.59. The van der Waals surface area contributed by atoms with Crippen LogP contribution < -0.4 is 0 Å². The van der Waals surface area contributed by atoms with Gasteiger partial charge in [0.05, 0.1) is 12.9 Å². The van der Waals surface area contributed by atoms with Crippen LogP contribution in [-0.4, -0.2) is 59.8 Å². The number of aliphatic imine (C=N–C) groups is 1. The molecule has 4 atom stereocenters. The maximum absolute atomic E-state index is 10.4. The Morgan fingerprint density at radius 2 is 2.22 bits per heavy atom. The number of aliphatic hydroxyl groups excluding tert-OH is 1. The van der Waals surface area contributed by atoms with Crippen LogP contribution in [-0.2, 0) is 14.2 Å². The summed E-state index contributed by atoms with van der Waals surface area (Å²) in [6.45, 7) is 4.78. The van der Waals surface area contributed by atoms with Gasteiger partial charge in [0.2, 0.25) is 0 Å². The van der Waals surface area contributed by atoms with Crippen molar-refractivity contribution in [1.82, 2.24) is 4.90 Å². The highest BCUT2D eigenvalue weighted by molar-refractivity contribution is 5.58. The molecule has 0 aromatic rings. The molecule has 0 aromatic carbocycles. The van der Waals surface area contributed by atoms with Gasteiger partial charge in [-0.3, -0.25) is 0 Å². The maximum Gasteiger partial charge on any atom is 0.164 e. The molecule has 100 valence electrons. The average Bonchev–Trinajstić information content (AvgIpc) is 2.66. The van der Waals surface area contributed by atoms with E-state index in [1.54, 1.807) is 12.5 Å². The molecule has 0 radical (unpaired) electrons. The second kappa shape index (κ2) is 4.31. The Bertz CT molecular complexity index is 382. The molecule has 3 aliphatic rings. The van der Waals surface area contributed by atoms with Gasteiger partial charge in [-0.05, 0) is 19.9 Å². The summed E-state index contributed by atoms with van der Waals surface area (Å²) >= 11 is 0. The molecule has 2 saturated heterocycles. The Labute approximate surface area is 106 Å². The van der Waals surface area contributed by atoms with E-state index in [1.165, 1.54) is 0 Å². The molecule has 3 rings (SSSR count). The molecule has 6 heteroatoms. The molecule has 0 aliphatic carbocycles. The normalized spacial score (nSPS) is 42.1. The molecule has 0 unspecified atom stereocenters. The van der Waals surface area contributed by atoms with E-state index in [-0.39, 0.29) is 12.2 Å². The molecule has 0 spiro atoms. The van der Waals surface area contributed by atoms with Crippen LogP contribution in [0, 0.1) is 0 Å². The van der Waals surface area contributed by atoms with E-state index in [2.05, 4.69) is 4.99 Å². The van der Waals surface area contributed by atoms with E-state index in [1.807, 2.05) is 24.8 Å². The van der Waals surface area contributed by atoms with Crippen molar-refractivity contribution in [3.05, 3.63) is 12.3 Å². The largest absolute Gasteiger partial charge is 0.386 e. The zero-order chi connectivity index (χ0) is 12.8. The highest BCUT2D eigenvalue weighted by Gasteiger charge is 2.51. The van der Waals surface area contributed by atoms with E-state index >= 15 is 0 Å². The lowest BCUT2D eigenvalue weighted by molar-refractivity contribution is -0.187. The molecule has 2 fully saturated rings. The van der Waals surface area contributed by atoms with Crippen LogP contribution >= 0.6 is 0 Å². The first-order valence-corrected chi connectivity index (χ1v) is 6.16. The SMILES string of the molecule is CC1(C)O[C@H]2[C@H](O)[C@@H](N3C=NC=CC3)OC[C@H]2O1. The van der Waals surface area contributed by atoms with Crippen LogP contribution in [0.3, 0.4) is 0 Å². The van der Waals surface area contributed by atoms with Gasteiger partial charge in [0, 0.05) is 12.7 Å². The van der Waals surface area contributed by atoms with Gasteiger partial charge in [0.1, 0.15) is 18.3 Å². The summed E-state index contributed by atoms with van der Waals surface area (Å²) in [5.74, 6) is -0.662. The Morgan fingerprint density at radius 3 is 2.94 bits per heavy atom. The Kier molecular flexibility index (Phi) is 2.90. The number of nitrogens with zero attached hydrogens (tertiary/aromatic N) is 2. The van der Waals surface area contributed by atoms with Crippen molar-refractivity contribution in [1.29, 1.82) is 0 Å². The highest BCUT2D eigenvalue weighted by Crippen LogP contribution is 2.35. The standard InChI is InChI=1S/C12H18N2O4/c1-12(2)17-8-6-16-11(9(15)10(8)18-12)14-5-3-4-13-7-14/h3-4,7-11,15H,5-6H2,1-2H3/t8-,9+,10-,11+/m1/s1. The zero-order valence-electron chi connectivity index (χ0n) is 10.5. The van der Waals surface area contributed by atoms with Crippen molar-refractivity contribution in [3.8, 4) is 0 Å². The van der Waals surface area contributed by atoms with E-state index in [4.69, 9.17) is 14.2 Å². The van der Waals surface area contributed by atoms with Crippen LogP contribution in [0.1, 0.15) is 13.8 Å². The monoisotopic (exact) mass is 254 g/mol. The number of hydrogen-bond donors (Lipinski definition) is 1. The lowest BCUT2D eigenvalue weighted by atomic mass is 10.0. The van der Waals surface area contributed by atoms with Gasteiger partial charge in [-0.1, -0.05) is 0 Å². The van der Waals surface area contributed by atoms with Crippen LogP contribution in [0.2, 0.25) is 0 Å². The maximum atomic E-state index is 10.4. The smallest absolute Gasteiger partial charge is 0.164 e. The fourth-order valence-electron chi connectivity index (χ4n) is 2.60. The quantitative estimate of drug-likeness (QED) is 0.718. The minimum atomic E-state index is -0.747. The Balaban J connectivity index is 1.73. The average molecular weight is 254 g/mol. The van der Waals surface area contributed by atoms with Crippen molar-refractivity contribution < 1.29 is 19.3 Å². The molecule has 0 amide bonds. The summed E-state index contributed by atoms with van der Waals surface area (Å²) < 4.78 is 17.1. The molecule has 6 nitrogen and oxygen atoms in total. The lowest BCUT2D eigenvalue weighted by Crippen LogP contribution is -2.58. The summed E-state index contributed by atoms with van der Waals surface area (Å²) in [4.78, 5) is 5.90. The minimum absolute atomic E-state index is 0.205. The molecule has 3 aliphatic heterocycles. The molecule has 0 bridgehead atoms. The van der Waals surface area contributed by atoms with Crippen LogP contribution in [0.25, 0.3) is 0 Å². The second-order valence-corrected chi connectivity index (χ2v) is 5.20. The third-order valence-electron chi connectivity index (χ3n) is 3.33. The van der Waals surface area contributed by atoms with Crippen molar-refractivity contribution in [3.63, 3.8) is 0 Å². The van der Waals surface area contributed by atoms with E-state index in [9.17, 15) is 5.11 Å². The number of ether oxygens (including phenoxy) is 3. The summed E-state index contributed by atoms with van der Waals surface area (Å²) in [5, 5.41) is 10.4. The van der Waals surface area contributed by atoms with Crippen molar-refractivity contribution in [2.75, 3.05) is 13.2 Å². The first-order valence-electron chi connectivity index (χ1n) is 6.16. The molecule has 3 heterocycles. The number of hydrogen-bond acceptors (Lipinski definition) is 6. The highest BCUT2D eigenvalue weighted by atomic mass is 16.8. The fraction of sp³-hybridized carbons (Fsp3) is 0.750. The van der Waals surface area contributed by atoms with Gasteiger partial charge in [-0.2, -0.15) is 0 Å². The van der Waals surface area contributed by atoms with E-state index < -0.39 is 18.1 Å². The van der Waals surface area contributed by atoms with E-state index in [0.29, 0.717) is 13.2 Å². The Morgan fingerprint density at radius 1 is 1.39 bits per heavy atom. The Hall–Kier alpha value is -0.950. The number of aliphatic hydroxyl groups is 1. The summed E-state index contributed by atoms with van der Waals surface area (Å²) in [5.41, 5.74) is 0. The van der Waals surface area contributed by atoms with Gasteiger partial charge in [0.25, 0.3) is 0 Å². The first kappa shape index (κ1) is 12.1. The van der Waals surface area contributed by atoms with Gasteiger partial charge < -0.3 is 24.2 Å².